The number of nitrogens with zero attached hydrogens (tertiary/aromatic N) is 3. The molecule has 0 spiro atoms. The molecule has 30 heavy (non-hydrogen) atoms. The summed E-state index contributed by atoms with van der Waals surface area (Å²) in [4.78, 5) is 41.7. The van der Waals surface area contributed by atoms with Crippen LogP contribution in [0.5, 0.6) is 5.75 Å². The molecule has 0 aromatic heterocycles. The molecule has 11 nitrogen and oxygen atoms in total. The monoisotopic (exact) mass is 419 g/mol. The topological polar surface area (TPSA) is 141 Å². The number of phenols is 1. The summed E-state index contributed by atoms with van der Waals surface area (Å²) in [5.41, 5.74) is 0.431. The Kier molecular flexibility index (Phi) is 6.62. The minimum atomic E-state index is -0.724. The lowest BCUT2D eigenvalue weighted by molar-refractivity contribution is -0.805. The van der Waals surface area contributed by atoms with E-state index in [2.05, 4.69) is 10.1 Å². The Labute approximate surface area is 171 Å². The van der Waals surface area contributed by atoms with Crippen LogP contribution >= 0.6 is 0 Å². The molecule has 160 valence electrons. The Hall–Kier alpha value is -3.47. The molecule has 1 aromatic carbocycles. The number of hydrogen-bond donors (Lipinski definition) is 1. The van der Waals surface area contributed by atoms with Gasteiger partial charge in [-0.3, -0.25) is 14.4 Å². The number of ketones is 2. The van der Waals surface area contributed by atoms with E-state index < -0.39 is 18.5 Å². The Morgan fingerprint density at radius 2 is 2.03 bits per heavy atom. The van der Waals surface area contributed by atoms with Crippen molar-refractivity contribution >= 4 is 17.5 Å². The molecule has 1 aromatic rings. The van der Waals surface area contributed by atoms with Crippen LogP contribution in [-0.2, 0) is 19.1 Å². The molecular weight excluding hydrogens is 398 g/mol. The van der Waals surface area contributed by atoms with Crippen molar-refractivity contribution in [2.24, 2.45) is 5.22 Å². The van der Waals surface area contributed by atoms with Crippen molar-refractivity contribution in [2.75, 3.05) is 33.1 Å². The third kappa shape index (κ3) is 4.74. The van der Waals surface area contributed by atoms with E-state index in [4.69, 9.17) is 9.47 Å². The molecule has 0 radical (unpaired) electrons. The van der Waals surface area contributed by atoms with Gasteiger partial charge < -0.3 is 24.6 Å². The van der Waals surface area contributed by atoms with Gasteiger partial charge in [0.05, 0.1) is 23.8 Å². The summed E-state index contributed by atoms with van der Waals surface area (Å²) in [6, 6.07) is 4.28. The van der Waals surface area contributed by atoms with E-state index in [0.717, 1.165) is 0 Å². The molecule has 1 saturated heterocycles. The maximum atomic E-state index is 12.7. The SMILES string of the molecule is CC1=C(CCC(=O)OCO/[N+]([O-])=N/N2CCOCC2)C(=O)c2c(O)cccc2C1=O. The van der Waals surface area contributed by atoms with Crippen LogP contribution in [0.3, 0.4) is 0 Å². The van der Waals surface area contributed by atoms with Gasteiger partial charge in [0.1, 0.15) is 24.1 Å². The fourth-order valence-corrected chi connectivity index (χ4v) is 3.14. The minimum Gasteiger partial charge on any atom is -0.507 e. The van der Waals surface area contributed by atoms with Crippen LogP contribution in [0.15, 0.2) is 34.6 Å². The van der Waals surface area contributed by atoms with Crippen molar-refractivity contribution in [1.82, 2.24) is 5.01 Å². The van der Waals surface area contributed by atoms with Crippen LogP contribution in [0.1, 0.15) is 40.5 Å². The lowest BCUT2D eigenvalue weighted by Gasteiger charge is -2.19. The number of hydrogen-bond acceptors (Lipinski definition) is 9. The molecule has 0 saturated carbocycles. The second-order valence-corrected chi connectivity index (χ2v) is 6.62. The zero-order valence-corrected chi connectivity index (χ0v) is 16.3. The van der Waals surface area contributed by atoms with Gasteiger partial charge in [0.15, 0.2) is 18.4 Å². The van der Waals surface area contributed by atoms with Crippen LogP contribution in [0.25, 0.3) is 0 Å². The number of carbonyl (C=O) groups is 3. The molecule has 1 aliphatic heterocycles. The summed E-state index contributed by atoms with van der Waals surface area (Å²) in [6.07, 6.45) is -0.264. The van der Waals surface area contributed by atoms with Crippen LogP contribution < -0.4 is 0 Å². The van der Waals surface area contributed by atoms with Gasteiger partial charge in [-0.1, -0.05) is 12.1 Å². The zero-order valence-electron chi connectivity index (χ0n) is 16.3. The van der Waals surface area contributed by atoms with E-state index >= 15 is 0 Å². The summed E-state index contributed by atoms with van der Waals surface area (Å²) >= 11 is 0. The molecule has 11 heteroatoms. The number of carbonyl (C=O) groups excluding carboxylic acids is 3. The van der Waals surface area contributed by atoms with Crippen LogP contribution in [0.4, 0.5) is 0 Å². The van der Waals surface area contributed by atoms with Crippen molar-refractivity contribution in [3.05, 3.63) is 45.7 Å². The normalized spacial score (nSPS) is 17.1. The van der Waals surface area contributed by atoms with Crippen LogP contribution in [-0.4, -0.2) is 65.8 Å². The Morgan fingerprint density at radius 1 is 1.30 bits per heavy atom. The van der Waals surface area contributed by atoms with Crippen molar-refractivity contribution in [2.45, 2.75) is 19.8 Å². The van der Waals surface area contributed by atoms with Gasteiger partial charge in [-0.25, -0.2) is 0 Å². The van der Waals surface area contributed by atoms with Gasteiger partial charge >= 0.3 is 5.97 Å². The van der Waals surface area contributed by atoms with E-state index in [1.54, 1.807) is 0 Å². The molecule has 2 aliphatic rings. The van der Waals surface area contributed by atoms with E-state index in [0.29, 0.717) is 26.3 Å². The number of esters is 1. The number of rotatable bonds is 7. The first kappa shape index (κ1) is 21.2. The predicted molar refractivity (Wildman–Crippen MR) is 99.2 cm³/mol. The molecule has 0 atom stereocenters. The summed E-state index contributed by atoms with van der Waals surface area (Å²) in [6.45, 7) is 2.64. The quantitative estimate of drug-likeness (QED) is 0.301. The minimum absolute atomic E-state index is 0.0473. The van der Waals surface area contributed by atoms with Crippen molar-refractivity contribution in [1.29, 1.82) is 0 Å². The van der Waals surface area contributed by atoms with Gasteiger partial charge in [-0.05, 0) is 19.4 Å². The Balaban J connectivity index is 1.51. The summed E-state index contributed by atoms with van der Waals surface area (Å²) in [7, 11) is 0. The fourth-order valence-electron chi connectivity index (χ4n) is 3.14. The number of benzene rings is 1. The first-order valence-electron chi connectivity index (χ1n) is 9.29. The Morgan fingerprint density at radius 3 is 2.77 bits per heavy atom. The van der Waals surface area contributed by atoms with Gasteiger partial charge in [0.2, 0.25) is 0 Å². The third-order valence-electron chi connectivity index (χ3n) is 4.73. The standard InChI is InChI=1S/C19H21N3O8/c1-12-13(19(26)17-14(18(12)25)3-2-4-15(17)23)5-6-16(24)29-11-30-22(27)20-21-7-9-28-10-8-21/h2-4,23H,5-11H2,1H3/b22-20+. The van der Waals surface area contributed by atoms with Crippen LogP contribution in [0, 0.1) is 5.21 Å². The van der Waals surface area contributed by atoms with E-state index in [1.165, 1.54) is 30.1 Å². The third-order valence-corrected chi connectivity index (χ3v) is 4.73. The molecule has 1 aliphatic carbocycles. The number of ether oxygens (including phenoxy) is 2. The first-order chi connectivity index (χ1) is 14.4. The maximum Gasteiger partial charge on any atom is 0.307 e. The van der Waals surface area contributed by atoms with E-state index in [-0.39, 0.29) is 51.7 Å². The molecular formula is C19H21N3O8. The molecule has 0 bridgehead atoms. The van der Waals surface area contributed by atoms with E-state index in [9.17, 15) is 24.7 Å². The van der Waals surface area contributed by atoms with Gasteiger partial charge in [-0.15, -0.1) is 0 Å². The lowest BCUT2D eigenvalue weighted by Crippen LogP contribution is -2.33. The molecule has 1 N–H and O–H groups in total. The number of aromatic hydroxyl groups is 1. The largest absolute Gasteiger partial charge is 0.507 e. The predicted octanol–water partition coefficient (Wildman–Crippen LogP) is 1.51. The average molecular weight is 419 g/mol. The number of allylic oxidation sites excluding steroid dienone is 2. The molecule has 3 rings (SSSR count). The molecule has 0 unspecified atom stereocenters. The Bertz CT molecular complexity index is 918. The highest BCUT2D eigenvalue weighted by atomic mass is 16.9. The number of morpholine rings is 1. The molecule has 0 amide bonds. The number of fused-ring (bicyclic) bond motifs is 1. The second-order valence-electron chi connectivity index (χ2n) is 6.62. The summed E-state index contributed by atoms with van der Waals surface area (Å²) in [5, 5.41) is 26.5. The maximum absolute atomic E-state index is 12.7. The highest BCUT2D eigenvalue weighted by molar-refractivity contribution is 6.27. The molecule has 1 fully saturated rings. The zero-order chi connectivity index (χ0) is 21.7. The highest BCUT2D eigenvalue weighted by Crippen LogP contribution is 2.33. The number of phenolic OH excluding ortho intramolecular Hbond substituents is 1. The van der Waals surface area contributed by atoms with Gasteiger partial charge in [0, 0.05) is 23.1 Å². The van der Waals surface area contributed by atoms with Crippen molar-refractivity contribution in [3.63, 3.8) is 0 Å². The highest BCUT2D eigenvalue weighted by Gasteiger charge is 2.32. The summed E-state index contributed by atoms with van der Waals surface area (Å²) < 4.78 is 9.93. The lowest BCUT2D eigenvalue weighted by atomic mass is 9.82. The van der Waals surface area contributed by atoms with Gasteiger partial charge in [0.25, 0.3) is 0 Å². The fraction of sp³-hybridized carbons (Fsp3) is 0.421. The summed E-state index contributed by atoms with van der Waals surface area (Å²) in [5.74, 6) is -1.89. The average Bonchev–Trinajstić information content (AvgIpc) is 2.72. The van der Waals surface area contributed by atoms with Crippen molar-refractivity contribution < 1.29 is 38.8 Å². The van der Waals surface area contributed by atoms with Crippen LogP contribution in [0.2, 0.25) is 0 Å². The first-order valence-corrected chi connectivity index (χ1v) is 9.29. The number of Topliss-reactive ketones (excluding diaryl/α,β-unsaturated/α-hetero) is 2. The van der Waals surface area contributed by atoms with E-state index in [1.807, 2.05) is 0 Å². The smallest absolute Gasteiger partial charge is 0.307 e. The molecule has 1 heterocycles. The van der Waals surface area contributed by atoms with Crippen molar-refractivity contribution in [3.8, 4) is 5.75 Å². The van der Waals surface area contributed by atoms with Gasteiger partial charge in [-0.2, -0.15) is 5.01 Å². The second kappa shape index (κ2) is 9.35.